The third-order valence-corrected chi connectivity index (χ3v) is 5.39. The normalized spacial score (nSPS) is 16.0. The molecule has 0 atom stereocenters. The van der Waals surface area contributed by atoms with Gasteiger partial charge < -0.3 is 16.0 Å². The van der Waals surface area contributed by atoms with Gasteiger partial charge in [-0.2, -0.15) is 13.2 Å². The molecule has 8 nitrogen and oxygen atoms in total. The number of benzene rings is 1. The second-order valence-electron chi connectivity index (χ2n) is 7.13. The number of thioether (sulfide) groups is 1. The van der Waals surface area contributed by atoms with Crippen LogP contribution in [0.5, 0.6) is 0 Å². The number of primary amides is 1. The van der Waals surface area contributed by atoms with Crippen LogP contribution in [0, 0.1) is 0 Å². The number of halogens is 3. The highest BCUT2D eigenvalue weighted by atomic mass is 32.2. The van der Waals surface area contributed by atoms with Gasteiger partial charge in [0, 0.05) is 11.1 Å². The Morgan fingerprint density at radius 1 is 1.19 bits per heavy atom. The van der Waals surface area contributed by atoms with Gasteiger partial charge in [0.15, 0.2) is 0 Å². The molecule has 1 aliphatic rings. The lowest BCUT2D eigenvalue weighted by Gasteiger charge is -2.28. The number of rotatable bonds is 5. The average Bonchev–Trinajstić information content (AvgIpc) is 2.82. The molecule has 0 spiro atoms. The number of urea groups is 2. The topological polar surface area (TPSA) is 109 Å². The summed E-state index contributed by atoms with van der Waals surface area (Å²) in [4.78, 5) is 43.4. The van der Waals surface area contributed by atoms with Crippen molar-refractivity contribution in [2.75, 3.05) is 10.2 Å². The van der Waals surface area contributed by atoms with E-state index in [1.54, 1.807) is 19.9 Å². The smallest absolute Gasteiger partial charge is 0.351 e. The van der Waals surface area contributed by atoms with Gasteiger partial charge in [-0.25, -0.2) is 14.5 Å². The van der Waals surface area contributed by atoms with Gasteiger partial charge in [0.2, 0.25) is 0 Å². The Hall–Kier alpha value is -3.28. The lowest BCUT2D eigenvalue weighted by atomic mass is 10.0. The van der Waals surface area contributed by atoms with Crippen LogP contribution in [0.3, 0.4) is 0 Å². The molecule has 0 bridgehead atoms. The van der Waals surface area contributed by atoms with E-state index in [4.69, 9.17) is 5.73 Å². The second kappa shape index (κ2) is 8.10. The number of nitrogens with two attached hydrogens (primary N) is 1. The number of imide groups is 1. The Balaban J connectivity index is 1.88. The molecule has 0 radical (unpaired) electrons. The number of carbonyl (C=O) groups is 3. The lowest BCUT2D eigenvalue weighted by Crippen LogP contribution is -2.43. The van der Waals surface area contributed by atoms with Crippen LogP contribution in [0.4, 0.5) is 34.1 Å². The molecular formula is C19H18F3N5O3S. The maximum absolute atomic E-state index is 13.1. The zero-order valence-electron chi connectivity index (χ0n) is 16.4. The first kappa shape index (κ1) is 22.4. The van der Waals surface area contributed by atoms with Crippen molar-refractivity contribution in [1.82, 2.24) is 9.88 Å². The Morgan fingerprint density at radius 3 is 2.42 bits per heavy atom. The standard InChI is InChI=1S/C19H18F3N5O3S/c1-18(2)15(28)27(12-3-5-13(6-4-12)31-19(20,21)22)17(30)26(18)10-11-7-8-24-9-14(11)25-16(23)29/h3-9H,10H2,1-2H3,(H3,23,25,29). The maximum Gasteiger partial charge on any atom is 0.446 e. The van der Waals surface area contributed by atoms with E-state index in [2.05, 4.69) is 10.3 Å². The van der Waals surface area contributed by atoms with E-state index in [1.807, 2.05) is 0 Å². The Kier molecular flexibility index (Phi) is 5.85. The van der Waals surface area contributed by atoms with Gasteiger partial charge in [0.05, 0.1) is 24.1 Å². The van der Waals surface area contributed by atoms with E-state index in [9.17, 15) is 27.6 Å². The minimum atomic E-state index is -4.44. The number of nitrogens with one attached hydrogen (secondary N) is 1. The fourth-order valence-corrected chi connectivity index (χ4v) is 3.64. The van der Waals surface area contributed by atoms with Crippen LogP contribution in [0.1, 0.15) is 19.4 Å². The number of nitrogens with zero attached hydrogens (tertiary/aromatic N) is 3. The Bertz CT molecular complexity index is 1030. The average molecular weight is 453 g/mol. The first-order valence-corrected chi connectivity index (χ1v) is 9.73. The third kappa shape index (κ3) is 4.74. The van der Waals surface area contributed by atoms with Crippen LogP contribution in [0.2, 0.25) is 0 Å². The fourth-order valence-electron chi connectivity index (χ4n) is 3.10. The molecule has 12 heteroatoms. The molecule has 2 heterocycles. The highest BCUT2D eigenvalue weighted by molar-refractivity contribution is 8.00. The molecule has 31 heavy (non-hydrogen) atoms. The largest absolute Gasteiger partial charge is 0.446 e. The molecule has 1 aliphatic heterocycles. The monoisotopic (exact) mass is 453 g/mol. The Morgan fingerprint density at radius 2 is 1.84 bits per heavy atom. The van der Waals surface area contributed by atoms with E-state index >= 15 is 0 Å². The Labute approximate surface area is 179 Å². The summed E-state index contributed by atoms with van der Waals surface area (Å²) >= 11 is -0.287. The van der Waals surface area contributed by atoms with E-state index in [0.717, 1.165) is 4.90 Å². The van der Waals surface area contributed by atoms with Gasteiger partial charge in [-0.3, -0.25) is 9.78 Å². The van der Waals surface area contributed by atoms with Gasteiger partial charge in [-0.15, -0.1) is 0 Å². The summed E-state index contributed by atoms with van der Waals surface area (Å²) in [6.07, 6.45) is 2.83. The molecule has 0 saturated carbocycles. The van der Waals surface area contributed by atoms with Gasteiger partial charge in [-0.1, -0.05) is 0 Å². The number of anilines is 2. The summed E-state index contributed by atoms with van der Waals surface area (Å²) in [5, 5.41) is 2.41. The van der Waals surface area contributed by atoms with Gasteiger partial charge in [-0.05, 0) is 61.5 Å². The van der Waals surface area contributed by atoms with E-state index in [-0.39, 0.29) is 34.6 Å². The van der Waals surface area contributed by atoms with E-state index < -0.39 is 29.0 Å². The summed E-state index contributed by atoms with van der Waals surface area (Å²) in [6.45, 7) is 3.08. The first-order valence-electron chi connectivity index (χ1n) is 8.91. The van der Waals surface area contributed by atoms with Gasteiger partial charge in [0.25, 0.3) is 5.91 Å². The van der Waals surface area contributed by atoms with Crippen LogP contribution in [-0.2, 0) is 11.3 Å². The molecule has 0 aliphatic carbocycles. The third-order valence-electron chi connectivity index (χ3n) is 4.65. The van der Waals surface area contributed by atoms with Crippen LogP contribution < -0.4 is 16.0 Å². The minimum absolute atomic E-state index is 0.0335. The van der Waals surface area contributed by atoms with Gasteiger partial charge >= 0.3 is 17.6 Å². The highest BCUT2D eigenvalue weighted by Gasteiger charge is 2.51. The van der Waals surface area contributed by atoms with Crippen molar-refractivity contribution in [3.63, 3.8) is 0 Å². The van der Waals surface area contributed by atoms with E-state index in [1.165, 1.54) is 41.6 Å². The number of hydrogen-bond donors (Lipinski definition) is 2. The van der Waals surface area contributed by atoms with Gasteiger partial charge in [0.1, 0.15) is 5.54 Å². The number of amides is 5. The highest BCUT2D eigenvalue weighted by Crippen LogP contribution is 2.39. The molecular weight excluding hydrogens is 435 g/mol. The molecule has 3 rings (SSSR count). The summed E-state index contributed by atoms with van der Waals surface area (Å²) in [6, 6.07) is 5.09. The van der Waals surface area contributed by atoms with Crippen molar-refractivity contribution in [2.24, 2.45) is 5.73 Å². The molecule has 2 aromatic rings. The van der Waals surface area contributed by atoms with Crippen molar-refractivity contribution < 1.29 is 27.6 Å². The predicted octanol–water partition coefficient (Wildman–Crippen LogP) is 3.93. The molecule has 0 unspecified atom stereocenters. The molecule has 1 saturated heterocycles. The zero-order chi connectivity index (χ0) is 23.0. The van der Waals surface area contributed by atoms with Crippen LogP contribution in [0.25, 0.3) is 0 Å². The predicted molar refractivity (Wildman–Crippen MR) is 108 cm³/mol. The number of alkyl halides is 3. The van der Waals surface area contributed by atoms with Crippen LogP contribution >= 0.6 is 11.8 Å². The number of pyridine rings is 1. The summed E-state index contributed by atoms with van der Waals surface area (Å²) in [5.74, 6) is -0.535. The second-order valence-corrected chi connectivity index (χ2v) is 8.27. The summed E-state index contributed by atoms with van der Waals surface area (Å²) in [7, 11) is 0. The molecule has 3 N–H and O–H groups in total. The summed E-state index contributed by atoms with van der Waals surface area (Å²) in [5.41, 5.74) is 0.416. The lowest BCUT2D eigenvalue weighted by molar-refractivity contribution is -0.123. The number of carbonyl (C=O) groups excluding carboxylic acids is 3. The zero-order valence-corrected chi connectivity index (χ0v) is 17.3. The van der Waals surface area contributed by atoms with Crippen LogP contribution in [-0.4, -0.2) is 38.9 Å². The summed E-state index contributed by atoms with van der Waals surface area (Å²) < 4.78 is 37.6. The number of hydrogen-bond acceptors (Lipinski definition) is 5. The maximum atomic E-state index is 13.1. The van der Waals surface area contributed by atoms with Crippen molar-refractivity contribution in [3.05, 3.63) is 48.3 Å². The van der Waals surface area contributed by atoms with Crippen LogP contribution in [0.15, 0.2) is 47.6 Å². The number of aromatic nitrogens is 1. The molecule has 164 valence electrons. The quantitative estimate of drug-likeness (QED) is 0.527. The molecule has 5 amide bonds. The minimum Gasteiger partial charge on any atom is -0.351 e. The SMILES string of the molecule is CC1(C)C(=O)N(c2ccc(SC(F)(F)F)cc2)C(=O)N1Cc1ccncc1NC(N)=O. The van der Waals surface area contributed by atoms with Crippen molar-refractivity contribution in [3.8, 4) is 0 Å². The van der Waals surface area contributed by atoms with Crippen molar-refractivity contribution >= 4 is 41.1 Å². The molecule has 1 aromatic heterocycles. The first-order chi connectivity index (χ1) is 14.4. The molecule has 1 aromatic carbocycles. The van der Waals surface area contributed by atoms with E-state index in [0.29, 0.717) is 5.56 Å². The van der Waals surface area contributed by atoms with Crippen molar-refractivity contribution in [2.45, 2.75) is 36.3 Å². The van der Waals surface area contributed by atoms with Crippen molar-refractivity contribution in [1.29, 1.82) is 0 Å². The molecule has 1 fully saturated rings. The fraction of sp³-hybridized carbons (Fsp3) is 0.263.